The zero-order valence-corrected chi connectivity index (χ0v) is 10.8. The van der Waals surface area contributed by atoms with Gasteiger partial charge in [-0.3, -0.25) is 4.79 Å². The van der Waals surface area contributed by atoms with E-state index >= 15 is 0 Å². The lowest BCUT2D eigenvalue weighted by molar-refractivity contribution is -0.131. The largest absolute Gasteiger partial charge is 0.478 e. The number of carbonyl (C=O) groups excluding carboxylic acids is 1. The van der Waals surface area contributed by atoms with Crippen LogP contribution in [0, 0.1) is 13.8 Å². The summed E-state index contributed by atoms with van der Waals surface area (Å²) in [5.41, 5.74) is 1.64. The second kappa shape index (κ2) is 4.61. The second-order valence-electron chi connectivity index (χ2n) is 4.37. The van der Waals surface area contributed by atoms with E-state index in [-0.39, 0.29) is 11.5 Å². The van der Waals surface area contributed by atoms with Crippen LogP contribution in [0.2, 0.25) is 0 Å². The molecule has 0 aliphatic heterocycles. The predicted molar refractivity (Wildman–Crippen MR) is 64.3 cm³/mol. The molecule has 1 heterocycles. The van der Waals surface area contributed by atoms with Crippen molar-refractivity contribution in [3.8, 4) is 0 Å². The lowest BCUT2D eigenvalue weighted by Crippen LogP contribution is -2.30. The zero-order chi connectivity index (χ0) is 13.3. The first kappa shape index (κ1) is 13.3. The van der Waals surface area contributed by atoms with Gasteiger partial charge in [-0.25, -0.2) is 4.79 Å². The molecule has 1 N–H and O–H groups in total. The molecule has 5 nitrogen and oxygen atoms in total. The van der Waals surface area contributed by atoms with Gasteiger partial charge in [0.15, 0.2) is 0 Å². The number of aromatic nitrogens is 1. The molecule has 1 aromatic heterocycles. The molecule has 0 saturated heterocycles. The SMILES string of the molecule is Cc1cc(C(=O)O)c(C)n1C(C)C(=O)N(C)C. The lowest BCUT2D eigenvalue weighted by atomic mass is 10.2. The van der Waals surface area contributed by atoms with E-state index in [4.69, 9.17) is 5.11 Å². The van der Waals surface area contributed by atoms with Crippen molar-refractivity contribution in [3.63, 3.8) is 0 Å². The number of carboxylic acid groups (broad SMARTS) is 1. The van der Waals surface area contributed by atoms with Crippen molar-refractivity contribution in [2.75, 3.05) is 14.1 Å². The summed E-state index contributed by atoms with van der Waals surface area (Å²) >= 11 is 0. The number of amides is 1. The van der Waals surface area contributed by atoms with Gasteiger partial charge in [0.2, 0.25) is 5.91 Å². The highest BCUT2D eigenvalue weighted by molar-refractivity contribution is 5.90. The molecule has 5 heteroatoms. The summed E-state index contributed by atoms with van der Waals surface area (Å²) < 4.78 is 1.76. The van der Waals surface area contributed by atoms with E-state index in [9.17, 15) is 9.59 Å². The van der Waals surface area contributed by atoms with Gasteiger partial charge in [0, 0.05) is 25.5 Å². The number of hydrogen-bond acceptors (Lipinski definition) is 2. The predicted octanol–water partition coefficient (Wildman–Crippen LogP) is 1.45. The van der Waals surface area contributed by atoms with Crippen LogP contribution < -0.4 is 0 Å². The van der Waals surface area contributed by atoms with Crippen molar-refractivity contribution in [1.82, 2.24) is 9.47 Å². The van der Waals surface area contributed by atoms with E-state index in [1.54, 1.807) is 45.5 Å². The Morgan fingerprint density at radius 3 is 2.24 bits per heavy atom. The van der Waals surface area contributed by atoms with Gasteiger partial charge < -0.3 is 14.6 Å². The van der Waals surface area contributed by atoms with E-state index < -0.39 is 12.0 Å². The van der Waals surface area contributed by atoms with Gasteiger partial charge in [-0.05, 0) is 26.8 Å². The maximum Gasteiger partial charge on any atom is 0.337 e. The zero-order valence-electron chi connectivity index (χ0n) is 10.8. The lowest BCUT2D eigenvalue weighted by Gasteiger charge is -2.21. The first-order chi connectivity index (χ1) is 7.77. The molecule has 1 rings (SSSR count). The Kier molecular flexibility index (Phi) is 3.60. The van der Waals surface area contributed by atoms with Crippen molar-refractivity contribution in [2.24, 2.45) is 0 Å². The Morgan fingerprint density at radius 2 is 1.88 bits per heavy atom. The van der Waals surface area contributed by atoms with Gasteiger partial charge in [-0.1, -0.05) is 0 Å². The fourth-order valence-corrected chi connectivity index (χ4v) is 2.07. The summed E-state index contributed by atoms with van der Waals surface area (Å²) in [5.74, 6) is -1.02. The summed E-state index contributed by atoms with van der Waals surface area (Å²) in [5, 5.41) is 9.02. The third-order valence-electron chi connectivity index (χ3n) is 2.90. The summed E-state index contributed by atoms with van der Waals surface area (Å²) in [4.78, 5) is 24.4. The van der Waals surface area contributed by atoms with E-state index in [2.05, 4.69) is 0 Å². The fourth-order valence-electron chi connectivity index (χ4n) is 2.07. The van der Waals surface area contributed by atoms with Gasteiger partial charge in [-0.15, -0.1) is 0 Å². The van der Waals surface area contributed by atoms with Crippen LogP contribution in [-0.4, -0.2) is 40.5 Å². The minimum atomic E-state index is -0.964. The molecule has 1 amide bonds. The van der Waals surface area contributed by atoms with Gasteiger partial charge in [0.05, 0.1) is 5.56 Å². The van der Waals surface area contributed by atoms with Crippen LogP contribution in [-0.2, 0) is 4.79 Å². The Balaban J connectivity index is 3.23. The average molecular weight is 238 g/mol. The number of rotatable bonds is 3. The quantitative estimate of drug-likeness (QED) is 0.867. The molecular formula is C12H18N2O3. The average Bonchev–Trinajstić information content (AvgIpc) is 2.52. The van der Waals surface area contributed by atoms with E-state index in [1.165, 1.54) is 4.90 Å². The molecule has 17 heavy (non-hydrogen) atoms. The summed E-state index contributed by atoms with van der Waals surface area (Å²) in [6.07, 6.45) is 0. The first-order valence-corrected chi connectivity index (χ1v) is 5.40. The van der Waals surface area contributed by atoms with E-state index in [0.717, 1.165) is 5.69 Å². The third kappa shape index (κ3) is 2.33. The van der Waals surface area contributed by atoms with Gasteiger partial charge >= 0.3 is 5.97 Å². The molecule has 0 spiro atoms. The molecule has 0 aromatic carbocycles. The molecule has 94 valence electrons. The van der Waals surface area contributed by atoms with Gasteiger partial charge in [-0.2, -0.15) is 0 Å². The molecule has 0 bridgehead atoms. The summed E-state index contributed by atoms with van der Waals surface area (Å²) in [7, 11) is 3.37. The van der Waals surface area contributed by atoms with Crippen molar-refractivity contribution >= 4 is 11.9 Å². The van der Waals surface area contributed by atoms with Crippen LogP contribution in [0.25, 0.3) is 0 Å². The van der Waals surface area contributed by atoms with Crippen molar-refractivity contribution in [2.45, 2.75) is 26.8 Å². The van der Waals surface area contributed by atoms with E-state index in [1.807, 2.05) is 0 Å². The molecule has 1 aromatic rings. The van der Waals surface area contributed by atoms with Crippen LogP contribution in [0.4, 0.5) is 0 Å². The summed E-state index contributed by atoms with van der Waals surface area (Å²) in [6, 6.07) is 1.20. The number of hydrogen-bond donors (Lipinski definition) is 1. The van der Waals surface area contributed by atoms with Crippen LogP contribution in [0.15, 0.2) is 6.07 Å². The number of likely N-dealkylation sites (N-methyl/N-ethyl adjacent to an activating group) is 1. The Morgan fingerprint density at radius 1 is 1.35 bits per heavy atom. The molecule has 0 saturated carbocycles. The van der Waals surface area contributed by atoms with Gasteiger partial charge in [0.25, 0.3) is 0 Å². The Hall–Kier alpha value is -1.78. The minimum Gasteiger partial charge on any atom is -0.478 e. The Bertz CT molecular complexity index is 461. The van der Waals surface area contributed by atoms with E-state index in [0.29, 0.717) is 5.69 Å². The van der Waals surface area contributed by atoms with Crippen molar-refractivity contribution in [1.29, 1.82) is 0 Å². The maximum absolute atomic E-state index is 11.9. The molecule has 0 fully saturated rings. The van der Waals surface area contributed by atoms with Crippen molar-refractivity contribution < 1.29 is 14.7 Å². The topological polar surface area (TPSA) is 62.5 Å². The first-order valence-electron chi connectivity index (χ1n) is 5.40. The fraction of sp³-hybridized carbons (Fsp3) is 0.500. The molecule has 0 aliphatic rings. The highest BCUT2D eigenvalue weighted by atomic mass is 16.4. The second-order valence-corrected chi connectivity index (χ2v) is 4.37. The number of aryl methyl sites for hydroxylation is 1. The molecule has 0 aliphatic carbocycles. The number of carbonyl (C=O) groups is 2. The highest BCUT2D eigenvalue weighted by Crippen LogP contribution is 2.21. The monoisotopic (exact) mass is 238 g/mol. The summed E-state index contributed by atoms with van der Waals surface area (Å²) in [6.45, 7) is 5.29. The highest BCUT2D eigenvalue weighted by Gasteiger charge is 2.23. The number of aromatic carboxylic acids is 1. The Labute approximate surface area is 101 Å². The normalized spacial score (nSPS) is 12.3. The number of carboxylic acids is 1. The maximum atomic E-state index is 11.9. The molecule has 0 radical (unpaired) electrons. The third-order valence-corrected chi connectivity index (χ3v) is 2.90. The smallest absolute Gasteiger partial charge is 0.337 e. The number of nitrogens with zero attached hydrogens (tertiary/aromatic N) is 2. The molecule has 1 unspecified atom stereocenters. The van der Waals surface area contributed by atoms with Crippen LogP contribution in [0.1, 0.15) is 34.7 Å². The van der Waals surface area contributed by atoms with Crippen LogP contribution in [0.3, 0.4) is 0 Å². The minimum absolute atomic E-state index is 0.0521. The van der Waals surface area contributed by atoms with Gasteiger partial charge in [0.1, 0.15) is 6.04 Å². The standard InChI is InChI=1S/C12H18N2O3/c1-7-6-10(12(16)17)8(2)14(7)9(3)11(15)13(4)5/h6,9H,1-5H3,(H,16,17). The molecular weight excluding hydrogens is 220 g/mol. The molecule has 1 atom stereocenters. The van der Waals surface area contributed by atoms with Crippen LogP contribution in [0.5, 0.6) is 0 Å². The van der Waals surface area contributed by atoms with Crippen LogP contribution >= 0.6 is 0 Å². The van der Waals surface area contributed by atoms with Crippen molar-refractivity contribution in [3.05, 3.63) is 23.0 Å².